The normalized spacial score (nSPS) is 10.4. The molecule has 21 heavy (non-hydrogen) atoms. The summed E-state index contributed by atoms with van der Waals surface area (Å²) in [6.07, 6.45) is 5.65. The van der Waals surface area contributed by atoms with Crippen molar-refractivity contribution >= 4 is 11.7 Å². The Morgan fingerprint density at radius 1 is 1.29 bits per heavy atom. The molecule has 8 heteroatoms. The molecule has 0 unspecified atom stereocenters. The fourth-order valence-corrected chi connectivity index (χ4v) is 1.72. The van der Waals surface area contributed by atoms with E-state index in [9.17, 15) is 4.79 Å². The molecule has 2 N–H and O–H groups in total. The number of hydrogen-bond acceptors (Lipinski definition) is 6. The molecule has 0 aliphatic rings. The van der Waals surface area contributed by atoms with Crippen molar-refractivity contribution in [2.75, 3.05) is 11.9 Å². The van der Waals surface area contributed by atoms with E-state index in [4.69, 9.17) is 0 Å². The quantitative estimate of drug-likeness (QED) is 0.784. The minimum atomic E-state index is -0.282. The third-order valence-electron chi connectivity index (χ3n) is 2.88. The predicted molar refractivity (Wildman–Crippen MR) is 77.7 cm³/mol. The van der Waals surface area contributed by atoms with E-state index in [2.05, 4.69) is 37.7 Å². The van der Waals surface area contributed by atoms with Gasteiger partial charge in [0.05, 0.1) is 18.9 Å². The Bertz CT molecular complexity index is 578. The van der Waals surface area contributed by atoms with Crippen LogP contribution in [0.1, 0.15) is 36.6 Å². The number of nitrogens with zero attached hydrogens (tertiary/aromatic N) is 5. The van der Waals surface area contributed by atoms with Crippen LogP contribution in [-0.4, -0.2) is 37.2 Å². The molecule has 2 aromatic heterocycles. The van der Waals surface area contributed by atoms with Gasteiger partial charge in [-0.05, 0) is 13.3 Å². The summed E-state index contributed by atoms with van der Waals surface area (Å²) >= 11 is 0. The maximum Gasteiger partial charge on any atom is 0.271 e. The van der Waals surface area contributed by atoms with Crippen molar-refractivity contribution < 1.29 is 4.79 Å². The highest BCUT2D eigenvalue weighted by Crippen LogP contribution is 2.02. The van der Waals surface area contributed by atoms with E-state index >= 15 is 0 Å². The van der Waals surface area contributed by atoms with Crippen LogP contribution in [-0.2, 0) is 13.1 Å². The van der Waals surface area contributed by atoms with Gasteiger partial charge in [0.15, 0.2) is 5.82 Å². The first-order chi connectivity index (χ1) is 10.2. The molecule has 0 aliphatic heterocycles. The van der Waals surface area contributed by atoms with Gasteiger partial charge in [-0.25, -0.2) is 9.97 Å². The first-order valence-corrected chi connectivity index (χ1v) is 6.95. The zero-order chi connectivity index (χ0) is 15.1. The van der Waals surface area contributed by atoms with Crippen LogP contribution in [0.2, 0.25) is 0 Å². The minimum Gasteiger partial charge on any atom is -0.369 e. The maximum absolute atomic E-state index is 12.0. The molecule has 0 saturated heterocycles. The molecule has 2 rings (SSSR count). The highest BCUT2D eigenvalue weighted by atomic mass is 16.1. The minimum absolute atomic E-state index is 0.277. The number of rotatable bonds is 7. The lowest BCUT2D eigenvalue weighted by Crippen LogP contribution is -2.25. The van der Waals surface area contributed by atoms with Gasteiger partial charge < -0.3 is 15.2 Å². The molecule has 0 spiro atoms. The molecule has 2 aromatic rings. The smallest absolute Gasteiger partial charge is 0.271 e. The summed E-state index contributed by atoms with van der Waals surface area (Å²) in [5.41, 5.74) is 0.277. The number of hydrogen-bond donors (Lipinski definition) is 2. The van der Waals surface area contributed by atoms with Gasteiger partial charge in [-0.15, -0.1) is 10.2 Å². The molecular weight excluding hydrogens is 270 g/mol. The molecule has 112 valence electrons. The standard InChI is InChI=1S/C13H19N7O/c1-3-5-14-11-7-15-10(6-16-11)13(21)17-8-12-19-18-9-20(12)4-2/h6-7,9H,3-5,8H2,1-2H3,(H,14,16)(H,17,21). The van der Waals surface area contributed by atoms with E-state index in [1.807, 2.05) is 11.5 Å². The Morgan fingerprint density at radius 3 is 2.81 bits per heavy atom. The highest BCUT2D eigenvalue weighted by Gasteiger charge is 2.10. The topological polar surface area (TPSA) is 97.6 Å². The number of nitrogens with one attached hydrogen (secondary N) is 2. The molecule has 2 heterocycles. The van der Waals surface area contributed by atoms with E-state index in [1.54, 1.807) is 12.5 Å². The number of carbonyl (C=O) groups is 1. The fraction of sp³-hybridized carbons (Fsp3) is 0.462. The molecule has 1 amide bonds. The van der Waals surface area contributed by atoms with Crippen molar-refractivity contribution in [1.29, 1.82) is 0 Å². The molecule has 0 bridgehead atoms. The molecule has 0 aromatic carbocycles. The highest BCUT2D eigenvalue weighted by molar-refractivity contribution is 5.91. The van der Waals surface area contributed by atoms with Gasteiger partial charge >= 0.3 is 0 Å². The molecule has 0 saturated carbocycles. The van der Waals surface area contributed by atoms with Crippen molar-refractivity contribution in [3.8, 4) is 0 Å². The van der Waals surface area contributed by atoms with Gasteiger partial charge in [-0.1, -0.05) is 6.92 Å². The van der Waals surface area contributed by atoms with E-state index in [0.29, 0.717) is 18.2 Å². The van der Waals surface area contributed by atoms with Gasteiger partial charge in [-0.3, -0.25) is 4.79 Å². The Balaban J connectivity index is 1.91. The molecule has 0 radical (unpaired) electrons. The van der Waals surface area contributed by atoms with Crippen LogP contribution in [0, 0.1) is 0 Å². The van der Waals surface area contributed by atoms with Crippen molar-refractivity contribution in [1.82, 2.24) is 30.0 Å². The summed E-state index contributed by atoms with van der Waals surface area (Å²) in [4.78, 5) is 20.2. The van der Waals surface area contributed by atoms with Gasteiger partial charge in [-0.2, -0.15) is 0 Å². The van der Waals surface area contributed by atoms with Crippen LogP contribution in [0.15, 0.2) is 18.7 Å². The van der Waals surface area contributed by atoms with Crippen LogP contribution in [0.3, 0.4) is 0 Å². The third kappa shape index (κ3) is 3.98. The van der Waals surface area contributed by atoms with Gasteiger partial charge in [0, 0.05) is 13.1 Å². The van der Waals surface area contributed by atoms with Crippen LogP contribution in [0.5, 0.6) is 0 Å². The van der Waals surface area contributed by atoms with E-state index < -0.39 is 0 Å². The van der Waals surface area contributed by atoms with E-state index in [0.717, 1.165) is 19.5 Å². The van der Waals surface area contributed by atoms with Gasteiger partial charge in [0.1, 0.15) is 17.8 Å². The summed E-state index contributed by atoms with van der Waals surface area (Å²) in [7, 11) is 0. The summed E-state index contributed by atoms with van der Waals surface area (Å²) in [6, 6.07) is 0. The summed E-state index contributed by atoms with van der Waals surface area (Å²) < 4.78 is 1.86. The van der Waals surface area contributed by atoms with Crippen molar-refractivity contribution in [3.05, 3.63) is 30.2 Å². The van der Waals surface area contributed by atoms with E-state index in [-0.39, 0.29) is 11.6 Å². The zero-order valence-corrected chi connectivity index (χ0v) is 12.2. The summed E-state index contributed by atoms with van der Waals surface area (Å²) in [6.45, 7) is 5.95. The number of anilines is 1. The number of carbonyl (C=O) groups excluding carboxylic acids is 1. The Kier molecular flexibility index (Phi) is 5.19. The van der Waals surface area contributed by atoms with E-state index in [1.165, 1.54) is 6.20 Å². The van der Waals surface area contributed by atoms with Crippen LogP contribution in [0.25, 0.3) is 0 Å². The zero-order valence-electron chi connectivity index (χ0n) is 12.2. The lowest BCUT2D eigenvalue weighted by Gasteiger charge is -2.06. The van der Waals surface area contributed by atoms with Crippen molar-refractivity contribution in [3.63, 3.8) is 0 Å². The Morgan fingerprint density at radius 2 is 2.14 bits per heavy atom. The second-order valence-corrected chi connectivity index (χ2v) is 4.43. The third-order valence-corrected chi connectivity index (χ3v) is 2.88. The Hall–Kier alpha value is -2.51. The number of aromatic nitrogens is 5. The average Bonchev–Trinajstić information content (AvgIpc) is 2.98. The lowest BCUT2D eigenvalue weighted by atomic mass is 10.4. The fourth-order valence-electron chi connectivity index (χ4n) is 1.72. The molecular formula is C13H19N7O. The lowest BCUT2D eigenvalue weighted by molar-refractivity contribution is 0.0944. The van der Waals surface area contributed by atoms with Crippen molar-refractivity contribution in [2.24, 2.45) is 0 Å². The monoisotopic (exact) mass is 289 g/mol. The molecule has 0 atom stereocenters. The number of aryl methyl sites for hydroxylation is 1. The maximum atomic E-state index is 12.0. The van der Waals surface area contributed by atoms with Crippen LogP contribution >= 0.6 is 0 Å². The summed E-state index contributed by atoms with van der Waals surface area (Å²) in [5, 5.41) is 13.6. The second kappa shape index (κ2) is 7.32. The Labute approximate surface area is 123 Å². The SMILES string of the molecule is CCCNc1cnc(C(=O)NCc2nncn2CC)cn1. The molecule has 8 nitrogen and oxygen atoms in total. The molecule has 0 fully saturated rings. The first kappa shape index (κ1) is 14.9. The predicted octanol–water partition coefficient (Wildman–Crippen LogP) is 0.840. The first-order valence-electron chi connectivity index (χ1n) is 6.95. The van der Waals surface area contributed by atoms with Gasteiger partial charge in [0.2, 0.25) is 0 Å². The largest absolute Gasteiger partial charge is 0.369 e. The average molecular weight is 289 g/mol. The van der Waals surface area contributed by atoms with Crippen LogP contribution in [0.4, 0.5) is 5.82 Å². The van der Waals surface area contributed by atoms with Crippen molar-refractivity contribution in [2.45, 2.75) is 33.4 Å². The molecule has 0 aliphatic carbocycles. The van der Waals surface area contributed by atoms with Crippen LogP contribution < -0.4 is 10.6 Å². The van der Waals surface area contributed by atoms with Gasteiger partial charge in [0.25, 0.3) is 5.91 Å². The summed E-state index contributed by atoms with van der Waals surface area (Å²) in [5.74, 6) is 1.09. The second-order valence-electron chi connectivity index (χ2n) is 4.43. The number of amides is 1.